The van der Waals surface area contributed by atoms with Gasteiger partial charge in [-0.25, -0.2) is 8.42 Å². The van der Waals surface area contributed by atoms with Gasteiger partial charge in [0.25, 0.3) is 15.7 Å². The van der Waals surface area contributed by atoms with Gasteiger partial charge in [0.05, 0.1) is 4.92 Å². The fourth-order valence-corrected chi connectivity index (χ4v) is 3.50. The van der Waals surface area contributed by atoms with Gasteiger partial charge in [0.2, 0.25) is 5.91 Å². The number of anilines is 1. The summed E-state index contributed by atoms with van der Waals surface area (Å²) in [4.78, 5) is 20.9. The van der Waals surface area contributed by atoms with Crippen molar-refractivity contribution in [2.75, 3.05) is 4.72 Å². The number of sulfonamides is 1. The Morgan fingerprint density at radius 3 is 2.30 bits per heavy atom. The van der Waals surface area contributed by atoms with Gasteiger partial charge in [0.1, 0.15) is 0 Å². The van der Waals surface area contributed by atoms with Crippen molar-refractivity contribution in [3.05, 3.63) is 63.7 Å². The minimum atomic E-state index is -4.16. The fraction of sp³-hybridized carbons (Fsp3) is 0.0714. The minimum Gasteiger partial charge on any atom is -0.366 e. The fourth-order valence-electron chi connectivity index (χ4n) is 2.04. The van der Waals surface area contributed by atoms with Crippen molar-refractivity contribution >= 4 is 27.3 Å². The van der Waals surface area contributed by atoms with Gasteiger partial charge < -0.3 is 5.73 Å². The summed E-state index contributed by atoms with van der Waals surface area (Å²) in [5, 5.41) is 11.1. The molecule has 0 heterocycles. The molecule has 0 radical (unpaired) electrons. The Kier molecular flexibility index (Phi) is 4.32. The molecule has 1 amide bonds. The number of carbonyl (C=O) groups is 1. The highest BCUT2D eigenvalue weighted by atomic mass is 32.2. The van der Waals surface area contributed by atoms with E-state index < -0.39 is 31.4 Å². The number of rotatable bonds is 5. The van der Waals surface area contributed by atoms with Crippen LogP contribution in [0.25, 0.3) is 0 Å². The number of aryl methyl sites for hydroxylation is 1. The largest absolute Gasteiger partial charge is 0.366 e. The lowest BCUT2D eigenvalue weighted by atomic mass is 10.2. The molecule has 0 saturated carbocycles. The molecular weight excluding hydrogens is 322 g/mol. The van der Waals surface area contributed by atoms with E-state index in [9.17, 15) is 23.3 Å². The average Bonchev–Trinajstić information content (AvgIpc) is 2.46. The van der Waals surface area contributed by atoms with Crippen molar-refractivity contribution in [2.45, 2.75) is 11.8 Å². The number of nitrogens with one attached hydrogen (secondary N) is 1. The van der Waals surface area contributed by atoms with Gasteiger partial charge >= 0.3 is 0 Å². The predicted octanol–water partition coefficient (Wildman–Crippen LogP) is 1.80. The number of hydrogen-bond acceptors (Lipinski definition) is 5. The molecule has 0 saturated heterocycles. The molecule has 0 aliphatic carbocycles. The summed E-state index contributed by atoms with van der Waals surface area (Å²) in [6, 6.07) is 9.41. The molecule has 0 fully saturated rings. The van der Waals surface area contributed by atoms with Gasteiger partial charge in [-0.3, -0.25) is 19.6 Å². The molecule has 0 bridgehead atoms. The number of carbonyl (C=O) groups excluding carboxylic acids is 1. The molecule has 0 atom stereocenters. The van der Waals surface area contributed by atoms with E-state index in [1.54, 1.807) is 0 Å². The normalized spacial score (nSPS) is 11.0. The van der Waals surface area contributed by atoms with Crippen LogP contribution in [0.5, 0.6) is 0 Å². The highest BCUT2D eigenvalue weighted by Crippen LogP contribution is 2.28. The van der Waals surface area contributed by atoms with Crippen LogP contribution in [0.1, 0.15) is 15.9 Å². The van der Waals surface area contributed by atoms with Crippen molar-refractivity contribution < 1.29 is 18.1 Å². The van der Waals surface area contributed by atoms with Crippen molar-refractivity contribution in [3.63, 3.8) is 0 Å². The Morgan fingerprint density at radius 2 is 1.78 bits per heavy atom. The molecule has 8 nitrogen and oxygen atoms in total. The highest BCUT2D eigenvalue weighted by Gasteiger charge is 2.27. The summed E-state index contributed by atoms with van der Waals surface area (Å²) in [6.07, 6.45) is 0. The van der Waals surface area contributed by atoms with Crippen LogP contribution in [0.15, 0.2) is 47.4 Å². The molecule has 120 valence electrons. The highest BCUT2D eigenvalue weighted by molar-refractivity contribution is 7.93. The second kappa shape index (κ2) is 6.05. The Morgan fingerprint density at radius 1 is 1.17 bits per heavy atom. The van der Waals surface area contributed by atoms with E-state index in [4.69, 9.17) is 5.73 Å². The van der Waals surface area contributed by atoms with E-state index in [2.05, 4.69) is 4.72 Å². The van der Waals surface area contributed by atoms with Gasteiger partial charge in [-0.15, -0.1) is 0 Å². The quantitative estimate of drug-likeness (QED) is 0.635. The van der Waals surface area contributed by atoms with Crippen LogP contribution in [0, 0.1) is 17.0 Å². The number of nitrogens with zero attached hydrogens (tertiary/aromatic N) is 1. The number of nitro groups is 1. The molecule has 0 aromatic heterocycles. The SMILES string of the molecule is Cc1cccc([N+](=O)[O-])c1S(=O)(=O)Nc1ccc(C(N)=O)cc1. The molecule has 0 aliphatic rings. The third-order valence-electron chi connectivity index (χ3n) is 3.08. The molecule has 2 aromatic carbocycles. The molecule has 0 aliphatic heterocycles. The van der Waals surface area contributed by atoms with Crippen LogP contribution >= 0.6 is 0 Å². The van der Waals surface area contributed by atoms with Gasteiger partial charge in [0, 0.05) is 17.3 Å². The first-order valence-electron chi connectivity index (χ1n) is 6.39. The third-order valence-corrected chi connectivity index (χ3v) is 4.65. The van der Waals surface area contributed by atoms with Gasteiger partial charge in [-0.2, -0.15) is 0 Å². The van der Waals surface area contributed by atoms with E-state index in [-0.39, 0.29) is 16.8 Å². The maximum Gasteiger partial charge on any atom is 0.290 e. The van der Waals surface area contributed by atoms with Gasteiger partial charge in [0.15, 0.2) is 4.90 Å². The predicted molar refractivity (Wildman–Crippen MR) is 83.6 cm³/mol. The Labute approximate surface area is 132 Å². The molecule has 2 aromatic rings. The minimum absolute atomic E-state index is 0.160. The summed E-state index contributed by atoms with van der Waals surface area (Å²) in [6.45, 7) is 1.47. The Bertz CT molecular complexity index is 876. The second-order valence-electron chi connectivity index (χ2n) is 4.73. The van der Waals surface area contributed by atoms with E-state index >= 15 is 0 Å². The van der Waals surface area contributed by atoms with Crippen molar-refractivity contribution in [3.8, 4) is 0 Å². The Balaban J connectivity index is 2.44. The zero-order chi connectivity index (χ0) is 17.2. The molecule has 23 heavy (non-hydrogen) atoms. The number of amides is 1. The summed E-state index contributed by atoms with van der Waals surface area (Å²) < 4.78 is 27.2. The van der Waals surface area contributed by atoms with Gasteiger partial charge in [-0.05, 0) is 36.8 Å². The summed E-state index contributed by atoms with van der Waals surface area (Å²) >= 11 is 0. The molecule has 9 heteroatoms. The summed E-state index contributed by atoms with van der Waals surface area (Å²) in [5.74, 6) is -0.644. The van der Waals surface area contributed by atoms with Crippen LogP contribution in [-0.2, 0) is 10.0 Å². The topological polar surface area (TPSA) is 132 Å². The average molecular weight is 335 g/mol. The van der Waals surface area contributed by atoms with E-state index in [1.165, 1.54) is 43.3 Å². The van der Waals surface area contributed by atoms with E-state index in [1.807, 2.05) is 0 Å². The van der Waals surface area contributed by atoms with Crippen molar-refractivity contribution in [2.24, 2.45) is 5.73 Å². The monoisotopic (exact) mass is 335 g/mol. The third kappa shape index (κ3) is 3.46. The van der Waals surface area contributed by atoms with E-state index in [0.717, 1.165) is 6.07 Å². The van der Waals surface area contributed by atoms with Crippen LogP contribution in [0.4, 0.5) is 11.4 Å². The molecule has 2 rings (SSSR count). The number of primary amides is 1. The number of hydrogen-bond donors (Lipinski definition) is 2. The maximum absolute atomic E-state index is 12.5. The maximum atomic E-state index is 12.5. The molecule has 3 N–H and O–H groups in total. The van der Waals surface area contributed by atoms with Crippen LogP contribution in [0.3, 0.4) is 0 Å². The standard InChI is InChI=1S/C14H13N3O5S/c1-9-3-2-4-12(17(19)20)13(9)23(21,22)16-11-7-5-10(6-8-11)14(15)18/h2-8,16H,1H3,(H2,15,18). The number of benzene rings is 2. The number of nitro benzene ring substituents is 1. The van der Waals surface area contributed by atoms with Crippen molar-refractivity contribution in [1.82, 2.24) is 0 Å². The zero-order valence-electron chi connectivity index (χ0n) is 12.0. The van der Waals surface area contributed by atoms with Crippen LogP contribution in [-0.4, -0.2) is 19.2 Å². The van der Waals surface area contributed by atoms with E-state index in [0.29, 0.717) is 0 Å². The second-order valence-corrected chi connectivity index (χ2v) is 6.35. The lowest BCUT2D eigenvalue weighted by Crippen LogP contribution is -2.16. The first-order valence-corrected chi connectivity index (χ1v) is 7.87. The first-order chi connectivity index (χ1) is 10.7. The molecule has 0 spiro atoms. The summed E-state index contributed by atoms with van der Waals surface area (Å²) in [7, 11) is -4.16. The Hall–Kier alpha value is -2.94. The van der Waals surface area contributed by atoms with Crippen LogP contribution in [0.2, 0.25) is 0 Å². The smallest absolute Gasteiger partial charge is 0.290 e. The molecular formula is C14H13N3O5S. The molecule has 0 unspecified atom stereocenters. The van der Waals surface area contributed by atoms with Crippen LogP contribution < -0.4 is 10.5 Å². The van der Waals surface area contributed by atoms with Crippen molar-refractivity contribution in [1.29, 1.82) is 0 Å². The van der Waals surface area contributed by atoms with Gasteiger partial charge in [-0.1, -0.05) is 12.1 Å². The first kappa shape index (κ1) is 16.4. The lowest BCUT2D eigenvalue weighted by molar-refractivity contribution is -0.387. The zero-order valence-corrected chi connectivity index (χ0v) is 12.8. The number of nitrogens with two attached hydrogens (primary N) is 1. The lowest BCUT2D eigenvalue weighted by Gasteiger charge is -2.11. The summed E-state index contributed by atoms with van der Waals surface area (Å²) in [5.41, 5.74) is 5.22.